The van der Waals surface area contributed by atoms with Crippen LogP contribution >= 0.6 is 38.5 Å². The van der Waals surface area contributed by atoms with Gasteiger partial charge in [-0.15, -0.1) is 0 Å². The monoisotopic (exact) mass is 422 g/mol. The van der Waals surface area contributed by atoms with Gasteiger partial charge in [0.15, 0.2) is 0 Å². The molecule has 0 spiro atoms. The molecule has 2 rings (SSSR count). The van der Waals surface area contributed by atoms with Crippen molar-refractivity contribution in [2.45, 2.75) is 32.2 Å². The molecular formula is C14H20BrIN2. The highest BCUT2D eigenvalue weighted by atomic mass is 127. The lowest BCUT2D eigenvalue weighted by Crippen LogP contribution is -2.46. The SMILES string of the molecule is CCCNC1CCCN(c2cc(Br)ccc2I)C1. The molecule has 1 aromatic rings. The summed E-state index contributed by atoms with van der Waals surface area (Å²) < 4.78 is 2.51. The Balaban J connectivity index is 2.05. The zero-order chi connectivity index (χ0) is 13.0. The highest BCUT2D eigenvalue weighted by molar-refractivity contribution is 14.1. The number of rotatable bonds is 4. The van der Waals surface area contributed by atoms with E-state index in [2.05, 4.69) is 73.9 Å². The van der Waals surface area contributed by atoms with Gasteiger partial charge in [0.2, 0.25) is 0 Å². The second-order valence-corrected chi connectivity index (χ2v) is 6.91. The molecular weight excluding hydrogens is 403 g/mol. The summed E-state index contributed by atoms with van der Waals surface area (Å²) in [6, 6.07) is 7.18. The van der Waals surface area contributed by atoms with Crippen molar-refractivity contribution in [3.8, 4) is 0 Å². The van der Waals surface area contributed by atoms with Gasteiger partial charge in [-0.25, -0.2) is 0 Å². The molecule has 1 aromatic carbocycles. The number of anilines is 1. The van der Waals surface area contributed by atoms with Crippen molar-refractivity contribution in [1.29, 1.82) is 0 Å². The Morgan fingerprint density at radius 3 is 3.11 bits per heavy atom. The number of nitrogens with one attached hydrogen (secondary N) is 1. The molecule has 2 nitrogen and oxygen atoms in total. The van der Waals surface area contributed by atoms with Crippen LogP contribution in [0.15, 0.2) is 22.7 Å². The molecule has 1 fully saturated rings. The van der Waals surface area contributed by atoms with Crippen LogP contribution in [0.25, 0.3) is 0 Å². The summed E-state index contributed by atoms with van der Waals surface area (Å²) in [4.78, 5) is 2.52. The van der Waals surface area contributed by atoms with E-state index in [0.29, 0.717) is 6.04 Å². The van der Waals surface area contributed by atoms with E-state index in [-0.39, 0.29) is 0 Å². The summed E-state index contributed by atoms with van der Waals surface area (Å²) in [5, 5.41) is 3.65. The summed E-state index contributed by atoms with van der Waals surface area (Å²) in [5.74, 6) is 0. The third-order valence-corrected chi connectivity index (χ3v) is 4.76. The molecule has 1 aliphatic heterocycles. The molecule has 100 valence electrons. The molecule has 1 saturated heterocycles. The molecule has 0 bridgehead atoms. The van der Waals surface area contributed by atoms with Gasteiger partial charge >= 0.3 is 0 Å². The molecule has 0 aromatic heterocycles. The quantitative estimate of drug-likeness (QED) is 0.737. The van der Waals surface area contributed by atoms with E-state index in [4.69, 9.17) is 0 Å². The molecule has 1 unspecified atom stereocenters. The van der Waals surface area contributed by atoms with Gasteiger partial charge in [0.1, 0.15) is 0 Å². The maximum atomic E-state index is 3.65. The highest BCUT2D eigenvalue weighted by Crippen LogP contribution is 2.28. The predicted octanol–water partition coefficient (Wildman–Crippen LogP) is 4.02. The van der Waals surface area contributed by atoms with E-state index in [9.17, 15) is 0 Å². The lowest BCUT2D eigenvalue weighted by molar-refractivity contribution is 0.423. The van der Waals surface area contributed by atoms with Crippen LogP contribution in [0.1, 0.15) is 26.2 Å². The van der Waals surface area contributed by atoms with Crippen LogP contribution in [0.4, 0.5) is 5.69 Å². The number of benzene rings is 1. The van der Waals surface area contributed by atoms with E-state index in [1.165, 1.54) is 39.5 Å². The summed E-state index contributed by atoms with van der Waals surface area (Å²) in [6.07, 6.45) is 3.80. The van der Waals surface area contributed by atoms with Crippen molar-refractivity contribution in [3.05, 3.63) is 26.2 Å². The Kier molecular flexibility index (Phi) is 5.76. The normalized spacial score (nSPS) is 20.2. The summed E-state index contributed by atoms with van der Waals surface area (Å²) in [5.41, 5.74) is 1.37. The molecule has 0 saturated carbocycles. The third kappa shape index (κ3) is 3.84. The van der Waals surface area contributed by atoms with Crippen LogP contribution in [-0.2, 0) is 0 Å². The zero-order valence-electron chi connectivity index (χ0n) is 10.8. The predicted molar refractivity (Wildman–Crippen MR) is 90.4 cm³/mol. The van der Waals surface area contributed by atoms with E-state index in [1.54, 1.807) is 0 Å². The van der Waals surface area contributed by atoms with Crippen LogP contribution in [0.5, 0.6) is 0 Å². The topological polar surface area (TPSA) is 15.3 Å². The standard InChI is InChI=1S/C14H20BrIN2/c1-2-7-17-12-4-3-8-18(10-12)14-9-11(15)5-6-13(14)16/h5-6,9,12,17H,2-4,7-8,10H2,1H3. The lowest BCUT2D eigenvalue weighted by Gasteiger charge is -2.35. The Morgan fingerprint density at radius 1 is 1.50 bits per heavy atom. The lowest BCUT2D eigenvalue weighted by atomic mass is 10.0. The van der Waals surface area contributed by atoms with Crippen molar-refractivity contribution in [1.82, 2.24) is 5.32 Å². The fraction of sp³-hybridized carbons (Fsp3) is 0.571. The van der Waals surface area contributed by atoms with Gasteiger partial charge in [0.25, 0.3) is 0 Å². The van der Waals surface area contributed by atoms with E-state index in [1.807, 2.05) is 0 Å². The molecule has 0 amide bonds. The highest BCUT2D eigenvalue weighted by Gasteiger charge is 2.20. The van der Waals surface area contributed by atoms with Crippen LogP contribution in [0.3, 0.4) is 0 Å². The average Bonchev–Trinajstić information content (AvgIpc) is 2.39. The van der Waals surface area contributed by atoms with Gasteiger partial charge in [0, 0.05) is 27.2 Å². The van der Waals surface area contributed by atoms with Gasteiger partial charge in [-0.3, -0.25) is 0 Å². The van der Waals surface area contributed by atoms with E-state index < -0.39 is 0 Å². The van der Waals surface area contributed by atoms with Crippen LogP contribution in [-0.4, -0.2) is 25.7 Å². The minimum atomic E-state index is 0.647. The molecule has 0 radical (unpaired) electrons. The third-order valence-electron chi connectivity index (χ3n) is 3.35. The number of piperidine rings is 1. The fourth-order valence-electron chi connectivity index (χ4n) is 2.44. The van der Waals surface area contributed by atoms with Crippen molar-refractivity contribution in [2.75, 3.05) is 24.5 Å². The molecule has 1 N–H and O–H groups in total. The van der Waals surface area contributed by atoms with Gasteiger partial charge in [-0.2, -0.15) is 0 Å². The summed E-state index contributed by atoms with van der Waals surface area (Å²) >= 11 is 6.01. The number of hydrogen-bond acceptors (Lipinski definition) is 2. The summed E-state index contributed by atoms with van der Waals surface area (Å²) in [7, 11) is 0. The van der Waals surface area contributed by atoms with Crippen molar-refractivity contribution in [3.63, 3.8) is 0 Å². The van der Waals surface area contributed by atoms with Gasteiger partial charge < -0.3 is 10.2 Å². The molecule has 4 heteroatoms. The number of hydrogen-bond donors (Lipinski definition) is 1. The number of halogens is 2. The Bertz CT molecular complexity index is 397. The number of nitrogens with zero attached hydrogens (tertiary/aromatic N) is 1. The Morgan fingerprint density at radius 2 is 2.33 bits per heavy atom. The first-order valence-electron chi connectivity index (χ1n) is 6.64. The second-order valence-electron chi connectivity index (χ2n) is 4.84. The molecule has 1 heterocycles. The second kappa shape index (κ2) is 7.10. The largest absolute Gasteiger partial charge is 0.369 e. The van der Waals surface area contributed by atoms with Crippen molar-refractivity contribution in [2.24, 2.45) is 0 Å². The van der Waals surface area contributed by atoms with Crippen LogP contribution in [0, 0.1) is 3.57 Å². The molecule has 18 heavy (non-hydrogen) atoms. The van der Waals surface area contributed by atoms with Crippen LogP contribution in [0.2, 0.25) is 0 Å². The maximum absolute atomic E-state index is 3.65. The molecule has 1 atom stereocenters. The zero-order valence-corrected chi connectivity index (χ0v) is 14.5. The first kappa shape index (κ1) is 14.6. The van der Waals surface area contributed by atoms with Gasteiger partial charge in [-0.1, -0.05) is 22.9 Å². The van der Waals surface area contributed by atoms with Crippen molar-refractivity contribution < 1.29 is 0 Å². The van der Waals surface area contributed by atoms with Gasteiger partial charge in [0.05, 0.1) is 5.69 Å². The maximum Gasteiger partial charge on any atom is 0.0513 e. The van der Waals surface area contributed by atoms with E-state index in [0.717, 1.165) is 13.1 Å². The van der Waals surface area contributed by atoms with Crippen LogP contribution < -0.4 is 10.2 Å². The summed E-state index contributed by atoms with van der Waals surface area (Å²) in [6.45, 7) is 5.67. The average molecular weight is 423 g/mol. The van der Waals surface area contributed by atoms with Gasteiger partial charge in [-0.05, 0) is 66.6 Å². The molecule has 1 aliphatic rings. The minimum absolute atomic E-state index is 0.647. The Labute approximate surface area is 132 Å². The smallest absolute Gasteiger partial charge is 0.0513 e. The minimum Gasteiger partial charge on any atom is -0.369 e. The molecule has 0 aliphatic carbocycles. The van der Waals surface area contributed by atoms with Crippen molar-refractivity contribution >= 4 is 44.2 Å². The fourth-order valence-corrected chi connectivity index (χ4v) is 3.46. The Hall–Kier alpha value is 0.190. The van der Waals surface area contributed by atoms with E-state index >= 15 is 0 Å². The first-order chi connectivity index (χ1) is 8.70. The first-order valence-corrected chi connectivity index (χ1v) is 8.51.